The van der Waals surface area contributed by atoms with Gasteiger partial charge >= 0.3 is 0 Å². The topological polar surface area (TPSA) is 293 Å². The molecule has 2 aliphatic rings. The molecule has 0 unspecified atom stereocenters. The molecule has 4 heterocycles. The Bertz CT molecular complexity index is 3900. The number of carbonyl (C=O) groups is 2. The molecule has 0 radical (unpaired) electrons. The van der Waals surface area contributed by atoms with Gasteiger partial charge in [0.15, 0.2) is 16.7 Å². The minimum atomic E-state index is -3.62. The number of nitrogens with one attached hydrogen (secondary N) is 8. The van der Waals surface area contributed by atoms with Crippen molar-refractivity contribution in [2.24, 2.45) is 14.1 Å². The number of anilines is 6. The largest absolute Gasteiger partial charge is 0.492 e. The molecule has 0 fully saturated rings. The standard InChI is InChI=1S/C27H35N7O6S2.C27H35N7O4S2/c1-16-9-10-17(11-22(16)34-15-21(30-32-34)23-14-28-26(33(23)5)41(7,36)37)25(35)29-19-12-18(27(2,3)4)13-20(24(19)40-6)31-42(8,38)39;1-16-9-10-17(11-22(16)34-15-21(30-32-34)23-14-28-26(39-7)33(23)5)25(35)29-19-12-18(27(2,3)4)13-20(24(19)38-6)31-40(8,36)37/h9-15,30-32H,1-8H3,(H,29,35);9-15,30-32H,1-8H3,(H,29,35). The second-order valence-corrected chi connectivity index (χ2v) is 27.8. The normalized spacial score (nSPS) is 13.8. The summed E-state index contributed by atoms with van der Waals surface area (Å²) >= 11 is 1.56. The molecule has 0 atom stereocenters. The number of carbonyl (C=O) groups excluding carboxylic acids is 2. The minimum Gasteiger partial charge on any atom is -0.492 e. The zero-order valence-corrected chi connectivity index (χ0v) is 51.7. The summed E-state index contributed by atoms with van der Waals surface area (Å²) in [5, 5.41) is 10.1. The summed E-state index contributed by atoms with van der Waals surface area (Å²) in [6.45, 7) is 15.8. The van der Waals surface area contributed by atoms with E-state index in [1.807, 2.05) is 90.5 Å². The van der Waals surface area contributed by atoms with Gasteiger partial charge in [-0.2, -0.15) is 0 Å². The van der Waals surface area contributed by atoms with Crippen molar-refractivity contribution in [3.05, 3.63) is 130 Å². The van der Waals surface area contributed by atoms with Crippen LogP contribution in [0, 0.1) is 13.8 Å². The number of rotatable bonds is 16. The van der Waals surface area contributed by atoms with Crippen molar-refractivity contribution in [3.63, 3.8) is 0 Å². The Morgan fingerprint density at radius 2 is 0.976 bits per heavy atom. The van der Waals surface area contributed by atoms with Crippen LogP contribution < -0.4 is 61.5 Å². The number of hydrazine groups is 4. The molecule has 0 saturated heterocycles. The van der Waals surface area contributed by atoms with Crippen LogP contribution in [0.25, 0.3) is 11.4 Å². The molecule has 2 amide bonds. The van der Waals surface area contributed by atoms with Crippen molar-refractivity contribution in [2.45, 2.75) is 76.5 Å². The number of imidazole rings is 2. The number of sulfone groups is 1. The van der Waals surface area contributed by atoms with Crippen LogP contribution in [0.1, 0.15) is 95.9 Å². The van der Waals surface area contributed by atoms with E-state index in [0.29, 0.717) is 39.6 Å². The lowest BCUT2D eigenvalue weighted by atomic mass is 9.86. The molecule has 0 bridgehead atoms. The van der Waals surface area contributed by atoms with E-state index in [9.17, 15) is 34.8 Å². The number of hydrogen-bond acceptors (Lipinski definition) is 19. The molecular weight excluding hydrogens is 1130 g/mol. The Morgan fingerprint density at radius 1 is 0.585 bits per heavy atom. The van der Waals surface area contributed by atoms with Gasteiger partial charge in [0.25, 0.3) is 11.8 Å². The molecular formula is C54H70N14O10S4. The first kappa shape index (κ1) is 61.9. The number of thioether (sulfide) groups is 1. The Balaban J connectivity index is 0.000000236. The van der Waals surface area contributed by atoms with Crippen molar-refractivity contribution in [3.8, 4) is 11.5 Å². The van der Waals surface area contributed by atoms with E-state index in [1.54, 1.807) is 90.8 Å². The fourth-order valence-corrected chi connectivity index (χ4v) is 11.2. The smallest absolute Gasteiger partial charge is 0.255 e. The molecule has 24 nitrogen and oxygen atoms in total. The highest BCUT2D eigenvalue weighted by Gasteiger charge is 2.28. The Kier molecular flexibility index (Phi) is 17.8. The molecule has 0 aliphatic carbocycles. The molecule has 440 valence electrons. The van der Waals surface area contributed by atoms with Gasteiger partial charge in [-0.3, -0.25) is 39.9 Å². The van der Waals surface area contributed by atoms with E-state index in [2.05, 4.69) is 52.0 Å². The Morgan fingerprint density at radius 3 is 1.32 bits per heavy atom. The number of methoxy groups -OCH3 is 2. The molecule has 8 N–H and O–H groups in total. The van der Waals surface area contributed by atoms with Crippen molar-refractivity contribution in [1.29, 1.82) is 0 Å². The summed E-state index contributed by atoms with van der Waals surface area (Å²) in [6.07, 6.45) is 12.1. The molecule has 6 aromatic rings. The van der Waals surface area contributed by atoms with Gasteiger partial charge in [-0.25, -0.2) is 35.2 Å². The number of aryl methyl sites for hydroxylation is 2. The average molecular weight is 1200 g/mol. The highest BCUT2D eigenvalue weighted by Crippen LogP contribution is 2.41. The third-order valence-electron chi connectivity index (χ3n) is 13.0. The predicted molar refractivity (Wildman–Crippen MR) is 323 cm³/mol. The first-order chi connectivity index (χ1) is 38.1. The van der Waals surface area contributed by atoms with E-state index in [1.165, 1.54) is 25.0 Å². The van der Waals surface area contributed by atoms with E-state index in [0.717, 1.165) is 63.3 Å². The second kappa shape index (κ2) is 23.6. The predicted octanol–water partition coefficient (Wildman–Crippen LogP) is 7.10. The summed E-state index contributed by atoms with van der Waals surface area (Å²) < 4.78 is 91.7. The third-order valence-corrected chi connectivity index (χ3v) is 15.9. The summed E-state index contributed by atoms with van der Waals surface area (Å²) in [4.78, 5) is 35.5. The molecule has 2 aromatic heterocycles. The Hall–Kier alpha value is -7.76. The number of benzene rings is 4. The number of hydrogen-bond donors (Lipinski definition) is 8. The van der Waals surface area contributed by atoms with E-state index < -0.39 is 35.8 Å². The lowest BCUT2D eigenvalue weighted by Gasteiger charge is -2.24. The molecule has 4 aromatic carbocycles. The second-order valence-electron chi connectivity index (χ2n) is 21.6. The average Bonchev–Trinajstić information content (AvgIpc) is 4.36. The fraction of sp³-hybridized carbons (Fsp3) is 0.333. The summed E-state index contributed by atoms with van der Waals surface area (Å²) in [7, 11) is -4.33. The number of sulfonamides is 2. The number of ether oxygens (including phenoxy) is 2. The maximum Gasteiger partial charge on any atom is 0.255 e. The lowest BCUT2D eigenvalue weighted by molar-refractivity contribution is 0.101. The third kappa shape index (κ3) is 14.3. The van der Waals surface area contributed by atoms with Gasteiger partial charge in [-0.05, 0) is 102 Å². The fourth-order valence-electron chi connectivity index (χ4n) is 8.68. The molecule has 8 rings (SSSR count). The van der Waals surface area contributed by atoms with Gasteiger partial charge in [-0.1, -0.05) is 65.4 Å². The SMILES string of the molecule is COc1c(NC(=O)c2ccc(C)c(N3C=C(c4cnc(S(C)(=O)=O)n4C)NN3)c2)cc(C(C)(C)C)cc1NS(C)(=O)=O.COc1c(NC(=O)c2ccc(C)c(N3C=C(c4cnc(SC)n4C)NN3)c2)cc(C(C)(C)C)cc1NS(C)(=O)=O. The van der Waals surface area contributed by atoms with Gasteiger partial charge in [0.1, 0.15) is 0 Å². The van der Waals surface area contributed by atoms with Crippen molar-refractivity contribution in [1.82, 2.24) is 41.0 Å². The zero-order valence-electron chi connectivity index (χ0n) is 48.5. The quantitative estimate of drug-likeness (QED) is 0.0448. The van der Waals surface area contributed by atoms with Crippen LogP contribution in [0.2, 0.25) is 0 Å². The van der Waals surface area contributed by atoms with Gasteiger partial charge in [0.2, 0.25) is 35.0 Å². The van der Waals surface area contributed by atoms with E-state index >= 15 is 0 Å². The van der Waals surface area contributed by atoms with Gasteiger partial charge in [0, 0.05) is 31.5 Å². The van der Waals surface area contributed by atoms with Crippen LogP contribution in [0.3, 0.4) is 0 Å². The number of aromatic nitrogens is 4. The Labute approximate surface area is 483 Å². The molecule has 82 heavy (non-hydrogen) atoms. The van der Waals surface area contributed by atoms with Crippen LogP contribution in [0.5, 0.6) is 11.5 Å². The molecule has 0 saturated carbocycles. The monoisotopic (exact) mass is 1200 g/mol. The van der Waals surface area contributed by atoms with Crippen LogP contribution >= 0.6 is 11.8 Å². The first-order valence-corrected chi connectivity index (χ1v) is 32.1. The maximum absolute atomic E-state index is 13.5. The first-order valence-electron chi connectivity index (χ1n) is 25.2. The minimum absolute atomic E-state index is 0.0608. The van der Waals surface area contributed by atoms with Crippen LogP contribution in [0.15, 0.2) is 95.8 Å². The van der Waals surface area contributed by atoms with Crippen LogP contribution in [-0.2, 0) is 54.8 Å². The van der Waals surface area contributed by atoms with Crippen LogP contribution in [0.4, 0.5) is 34.1 Å². The van der Waals surface area contributed by atoms with E-state index in [-0.39, 0.29) is 44.8 Å². The van der Waals surface area contributed by atoms with Crippen molar-refractivity contribution >= 4 is 99.0 Å². The van der Waals surface area contributed by atoms with E-state index in [4.69, 9.17) is 9.47 Å². The number of amides is 2. The summed E-state index contributed by atoms with van der Waals surface area (Å²) in [6, 6.07) is 17.5. The van der Waals surface area contributed by atoms with Crippen molar-refractivity contribution < 1.29 is 44.3 Å². The summed E-state index contributed by atoms with van der Waals surface area (Å²) in [5.74, 6) is -0.412. The van der Waals surface area contributed by atoms with Crippen LogP contribution in [-0.4, -0.2) is 95.4 Å². The van der Waals surface area contributed by atoms with Gasteiger partial charge < -0.3 is 29.2 Å². The summed E-state index contributed by atoms with van der Waals surface area (Å²) in [5.41, 5.74) is 21.2. The van der Waals surface area contributed by atoms with Gasteiger partial charge in [-0.15, -0.1) is 11.1 Å². The maximum atomic E-state index is 13.5. The van der Waals surface area contributed by atoms with Gasteiger partial charge in [0.05, 0.1) is 108 Å². The number of nitrogens with zero attached hydrogens (tertiary/aromatic N) is 6. The highest BCUT2D eigenvalue weighted by molar-refractivity contribution is 7.98. The lowest BCUT2D eigenvalue weighted by Crippen LogP contribution is -2.36. The zero-order chi connectivity index (χ0) is 60.6. The van der Waals surface area contributed by atoms with Crippen molar-refractivity contribution in [2.75, 3.05) is 69.3 Å². The molecule has 2 aliphatic heterocycles. The molecule has 0 spiro atoms. The highest BCUT2D eigenvalue weighted by atomic mass is 32.2. The molecule has 28 heteroatoms.